The van der Waals surface area contributed by atoms with Gasteiger partial charge in [-0.25, -0.2) is 4.98 Å². The van der Waals surface area contributed by atoms with Crippen LogP contribution < -0.4 is 10.2 Å². The minimum Gasteiger partial charge on any atom is -0.347 e. The lowest BCUT2D eigenvalue weighted by Crippen LogP contribution is -2.46. The fourth-order valence-electron chi connectivity index (χ4n) is 2.60. The van der Waals surface area contributed by atoms with Gasteiger partial charge in [-0.2, -0.15) is 5.26 Å². The van der Waals surface area contributed by atoms with Crippen LogP contribution in [0.5, 0.6) is 0 Å². The average Bonchev–Trinajstić information content (AvgIpc) is 2.48. The van der Waals surface area contributed by atoms with Gasteiger partial charge in [0.15, 0.2) is 0 Å². The highest BCUT2D eigenvalue weighted by Gasteiger charge is 2.29. The molecule has 20 heavy (non-hydrogen) atoms. The van der Waals surface area contributed by atoms with E-state index in [9.17, 15) is 10.1 Å². The molecule has 106 valence electrons. The molecule has 1 aliphatic heterocycles. The number of pyridine rings is 1. The molecule has 1 saturated heterocycles. The number of likely N-dealkylation sites (N-methyl/N-ethyl adjacent to an activating group) is 1. The molecule has 0 saturated carbocycles. The van der Waals surface area contributed by atoms with Crippen LogP contribution in [0.2, 0.25) is 0 Å². The van der Waals surface area contributed by atoms with E-state index in [2.05, 4.69) is 10.3 Å². The number of anilines is 1. The van der Waals surface area contributed by atoms with Crippen LogP contribution in [0, 0.1) is 21.4 Å². The first-order valence-corrected chi connectivity index (χ1v) is 6.69. The molecule has 7 heteroatoms. The minimum atomic E-state index is -0.514. The Hall–Kier alpha value is -2.20. The van der Waals surface area contributed by atoms with Crippen molar-refractivity contribution in [2.24, 2.45) is 0 Å². The van der Waals surface area contributed by atoms with E-state index >= 15 is 0 Å². The summed E-state index contributed by atoms with van der Waals surface area (Å²) >= 11 is 0. The summed E-state index contributed by atoms with van der Waals surface area (Å²) in [5.41, 5.74) is -0.135. The van der Waals surface area contributed by atoms with Crippen LogP contribution in [-0.2, 0) is 0 Å². The monoisotopic (exact) mass is 275 g/mol. The van der Waals surface area contributed by atoms with Gasteiger partial charge in [0.25, 0.3) is 0 Å². The summed E-state index contributed by atoms with van der Waals surface area (Å²) in [5.74, 6) is 0.297. The summed E-state index contributed by atoms with van der Waals surface area (Å²) in [6.45, 7) is 4.32. The number of hydrogen-bond donors (Lipinski definition) is 1. The fraction of sp³-hybridized carbons (Fsp3) is 0.538. The third-order valence-corrected chi connectivity index (χ3v) is 3.53. The highest BCUT2D eigenvalue weighted by atomic mass is 16.6. The summed E-state index contributed by atoms with van der Waals surface area (Å²) in [6, 6.07) is 3.43. The predicted molar refractivity (Wildman–Crippen MR) is 74.5 cm³/mol. The molecule has 2 rings (SSSR count). The lowest BCUT2D eigenvalue weighted by Gasteiger charge is -2.34. The quantitative estimate of drug-likeness (QED) is 0.660. The zero-order chi connectivity index (χ0) is 14.5. The number of nitro groups is 1. The van der Waals surface area contributed by atoms with Crippen LogP contribution in [0.1, 0.15) is 25.3 Å². The summed E-state index contributed by atoms with van der Waals surface area (Å²) in [5, 5.41) is 23.6. The van der Waals surface area contributed by atoms with Crippen LogP contribution in [0.15, 0.2) is 12.3 Å². The summed E-state index contributed by atoms with van der Waals surface area (Å²) in [6.07, 6.45) is 3.46. The third-order valence-electron chi connectivity index (χ3n) is 3.53. The van der Waals surface area contributed by atoms with Crippen molar-refractivity contribution in [3.63, 3.8) is 0 Å². The molecule has 1 aliphatic rings. The fourth-order valence-corrected chi connectivity index (χ4v) is 2.60. The van der Waals surface area contributed by atoms with E-state index in [4.69, 9.17) is 5.26 Å². The number of aromatic nitrogens is 1. The maximum atomic E-state index is 11.3. The molecule has 0 radical (unpaired) electrons. The number of nitrogens with zero attached hydrogens (tertiary/aromatic N) is 4. The maximum Gasteiger partial charge on any atom is 0.329 e. The Morgan fingerprint density at radius 2 is 2.50 bits per heavy atom. The largest absolute Gasteiger partial charge is 0.347 e. The van der Waals surface area contributed by atoms with Crippen LogP contribution in [-0.4, -0.2) is 35.6 Å². The Morgan fingerprint density at radius 1 is 1.70 bits per heavy atom. The van der Waals surface area contributed by atoms with Crippen molar-refractivity contribution >= 4 is 11.5 Å². The number of rotatable bonds is 4. The first kappa shape index (κ1) is 14.2. The number of piperidine rings is 1. The first-order valence-electron chi connectivity index (χ1n) is 6.69. The number of hydrogen-bond acceptors (Lipinski definition) is 6. The molecule has 0 bridgehead atoms. The molecular formula is C13H17N5O2. The third kappa shape index (κ3) is 2.70. The lowest BCUT2D eigenvalue weighted by molar-refractivity contribution is -0.384. The Labute approximate surface area is 117 Å². The summed E-state index contributed by atoms with van der Waals surface area (Å²) < 4.78 is 0. The molecule has 1 unspecified atom stereocenters. The molecule has 1 aromatic rings. The van der Waals surface area contributed by atoms with Gasteiger partial charge in [0.1, 0.15) is 11.6 Å². The van der Waals surface area contributed by atoms with Gasteiger partial charge in [0, 0.05) is 25.3 Å². The summed E-state index contributed by atoms with van der Waals surface area (Å²) in [4.78, 5) is 16.8. The zero-order valence-corrected chi connectivity index (χ0v) is 11.4. The van der Waals surface area contributed by atoms with E-state index in [1.165, 1.54) is 12.3 Å². The Bertz CT molecular complexity index is 534. The van der Waals surface area contributed by atoms with Gasteiger partial charge in [-0.05, 0) is 32.4 Å². The van der Waals surface area contributed by atoms with E-state index in [0.29, 0.717) is 12.4 Å². The Balaban J connectivity index is 2.43. The molecule has 7 nitrogen and oxygen atoms in total. The average molecular weight is 275 g/mol. The van der Waals surface area contributed by atoms with Gasteiger partial charge in [-0.15, -0.1) is 0 Å². The molecule has 2 heterocycles. The van der Waals surface area contributed by atoms with Crippen LogP contribution >= 0.6 is 0 Å². The summed E-state index contributed by atoms with van der Waals surface area (Å²) in [7, 11) is 0. The minimum absolute atomic E-state index is 0.0576. The molecule has 1 N–H and O–H groups in total. The number of nitriles is 1. The van der Waals surface area contributed by atoms with Crippen LogP contribution in [0.3, 0.4) is 0 Å². The van der Waals surface area contributed by atoms with Crippen molar-refractivity contribution in [1.82, 2.24) is 10.3 Å². The van der Waals surface area contributed by atoms with Gasteiger partial charge in [0.05, 0.1) is 4.92 Å². The van der Waals surface area contributed by atoms with Crippen molar-refractivity contribution in [1.29, 1.82) is 5.26 Å². The topological polar surface area (TPSA) is 95.1 Å². The smallest absolute Gasteiger partial charge is 0.329 e. The van der Waals surface area contributed by atoms with E-state index in [-0.39, 0.29) is 17.3 Å². The molecule has 1 atom stereocenters. The van der Waals surface area contributed by atoms with Crippen molar-refractivity contribution in [3.05, 3.63) is 27.9 Å². The standard InChI is InChI=1S/C13H17N5O2/c1-2-17(11-4-3-6-15-9-11)13-12(18(19)20)10(8-14)5-7-16-13/h5,7,11,15H,2-4,6,9H2,1H3. The molecule has 0 aromatic carbocycles. The Morgan fingerprint density at radius 3 is 3.05 bits per heavy atom. The highest BCUT2D eigenvalue weighted by molar-refractivity contribution is 5.65. The zero-order valence-electron chi connectivity index (χ0n) is 11.4. The number of nitrogens with one attached hydrogen (secondary N) is 1. The van der Waals surface area contributed by atoms with E-state index in [1.807, 2.05) is 17.9 Å². The van der Waals surface area contributed by atoms with Crippen molar-refractivity contribution < 1.29 is 4.92 Å². The Kier molecular flexibility index (Phi) is 4.48. The van der Waals surface area contributed by atoms with E-state index in [1.54, 1.807) is 0 Å². The second kappa shape index (κ2) is 6.30. The van der Waals surface area contributed by atoms with Crippen molar-refractivity contribution in [2.45, 2.75) is 25.8 Å². The normalized spacial score (nSPS) is 18.3. The van der Waals surface area contributed by atoms with E-state index < -0.39 is 4.92 Å². The van der Waals surface area contributed by atoms with Crippen LogP contribution in [0.25, 0.3) is 0 Å². The van der Waals surface area contributed by atoms with Gasteiger partial charge >= 0.3 is 5.69 Å². The van der Waals surface area contributed by atoms with Crippen molar-refractivity contribution in [2.75, 3.05) is 24.5 Å². The predicted octanol–water partition coefficient (Wildman–Crippen LogP) is 1.44. The SMILES string of the molecule is CCN(c1nccc(C#N)c1[N+](=O)[O-])C1CCCNC1. The molecular weight excluding hydrogens is 258 g/mol. The first-order chi connectivity index (χ1) is 9.69. The van der Waals surface area contributed by atoms with E-state index in [0.717, 1.165) is 25.9 Å². The molecule has 0 spiro atoms. The van der Waals surface area contributed by atoms with Crippen LogP contribution in [0.4, 0.5) is 11.5 Å². The van der Waals surface area contributed by atoms with Gasteiger partial charge in [0.2, 0.25) is 5.82 Å². The van der Waals surface area contributed by atoms with Crippen molar-refractivity contribution in [3.8, 4) is 6.07 Å². The molecule has 0 amide bonds. The lowest BCUT2D eigenvalue weighted by atomic mass is 10.1. The second-order valence-corrected chi connectivity index (χ2v) is 4.69. The van der Waals surface area contributed by atoms with Gasteiger partial charge in [-0.3, -0.25) is 10.1 Å². The molecule has 1 aromatic heterocycles. The second-order valence-electron chi connectivity index (χ2n) is 4.69. The molecule has 0 aliphatic carbocycles. The highest BCUT2D eigenvalue weighted by Crippen LogP contribution is 2.31. The maximum absolute atomic E-state index is 11.3. The van der Waals surface area contributed by atoms with Gasteiger partial charge in [-0.1, -0.05) is 0 Å². The van der Waals surface area contributed by atoms with Gasteiger partial charge < -0.3 is 10.2 Å². The molecule has 1 fully saturated rings.